The molecule has 110 valence electrons. The Labute approximate surface area is 129 Å². The Morgan fingerprint density at radius 3 is 2.62 bits per heavy atom. The van der Waals surface area contributed by atoms with E-state index < -0.39 is 17.5 Å². The summed E-state index contributed by atoms with van der Waals surface area (Å²) in [5.41, 5.74) is 0.760. The first-order valence-electron chi connectivity index (χ1n) is 6.31. The molecule has 2 N–H and O–H groups in total. The summed E-state index contributed by atoms with van der Waals surface area (Å²) in [4.78, 5) is 12.2. The van der Waals surface area contributed by atoms with Crippen LogP contribution in [-0.4, -0.2) is 12.5 Å². The molecule has 0 fully saturated rings. The number of halogens is 3. The number of nitrogens with one attached hydrogen (secondary N) is 2. The number of carbonyl (C=O) groups excluding carboxylic acids is 1. The monoisotopic (exact) mass is 354 g/mol. The normalized spacial score (nSPS) is 10.3. The number of amides is 1. The fourth-order valence-corrected chi connectivity index (χ4v) is 2.22. The van der Waals surface area contributed by atoms with E-state index in [4.69, 9.17) is 0 Å². The molecule has 0 heterocycles. The third kappa shape index (κ3) is 3.58. The Hall–Kier alpha value is -1.95. The second kappa shape index (κ2) is 6.67. The van der Waals surface area contributed by atoms with Crippen molar-refractivity contribution in [1.82, 2.24) is 0 Å². The average Bonchev–Trinajstić information content (AvgIpc) is 2.45. The van der Waals surface area contributed by atoms with Gasteiger partial charge in [-0.1, -0.05) is 6.07 Å². The van der Waals surface area contributed by atoms with Gasteiger partial charge in [-0.2, -0.15) is 0 Å². The van der Waals surface area contributed by atoms with Crippen LogP contribution in [-0.2, 0) is 0 Å². The lowest BCUT2D eigenvalue weighted by atomic mass is 10.1. The van der Waals surface area contributed by atoms with Gasteiger partial charge >= 0.3 is 0 Å². The molecule has 1 amide bonds. The van der Waals surface area contributed by atoms with E-state index in [0.717, 1.165) is 0 Å². The molecule has 0 aliphatic rings. The number of anilines is 2. The van der Waals surface area contributed by atoms with E-state index in [1.54, 1.807) is 0 Å². The van der Waals surface area contributed by atoms with Crippen LogP contribution in [0, 0.1) is 11.6 Å². The summed E-state index contributed by atoms with van der Waals surface area (Å²) in [6.07, 6.45) is 0. The minimum absolute atomic E-state index is 0.152. The summed E-state index contributed by atoms with van der Waals surface area (Å²) >= 11 is 3.04. The van der Waals surface area contributed by atoms with E-state index >= 15 is 0 Å². The third-order valence-electron chi connectivity index (χ3n) is 2.79. The molecule has 2 aromatic carbocycles. The number of para-hydroxylation sites is 1. The minimum Gasteiger partial charge on any atom is -0.382 e. The maximum atomic E-state index is 13.8. The largest absolute Gasteiger partial charge is 0.382 e. The van der Waals surface area contributed by atoms with Crippen molar-refractivity contribution in [3.05, 3.63) is 58.1 Å². The maximum Gasteiger partial charge on any atom is 0.257 e. The first kappa shape index (κ1) is 15.4. The molecule has 0 unspecified atom stereocenters. The van der Waals surface area contributed by atoms with E-state index in [9.17, 15) is 13.6 Å². The smallest absolute Gasteiger partial charge is 0.257 e. The summed E-state index contributed by atoms with van der Waals surface area (Å²) in [7, 11) is 0. The molecule has 0 radical (unpaired) electrons. The molecule has 0 bridgehead atoms. The fraction of sp³-hybridized carbons (Fsp3) is 0.133. The van der Waals surface area contributed by atoms with Gasteiger partial charge in [0.25, 0.3) is 5.91 Å². The van der Waals surface area contributed by atoms with E-state index in [-0.39, 0.29) is 15.7 Å². The van der Waals surface area contributed by atoms with Crippen LogP contribution >= 0.6 is 15.9 Å². The number of hydrogen-bond acceptors (Lipinski definition) is 2. The van der Waals surface area contributed by atoms with Crippen molar-refractivity contribution >= 4 is 33.2 Å². The molecule has 0 aromatic heterocycles. The topological polar surface area (TPSA) is 41.1 Å². The summed E-state index contributed by atoms with van der Waals surface area (Å²) in [5.74, 6) is -1.39. The van der Waals surface area contributed by atoms with Gasteiger partial charge in [-0.3, -0.25) is 4.79 Å². The lowest BCUT2D eigenvalue weighted by molar-refractivity contribution is 0.102. The van der Waals surface area contributed by atoms with E-state index in [1.165, 1.54) is 36.4 Å². The molecule has 0 saturated heterocycles. The summed E-state index contributed by atoms with van der Waals surface area (Å²) in [6, 6.07) is 8.38. The molecule has 2 aromatic rings. The molecular weight excluding hydrogens is 342 g/mol. The molecular formula is C15H13BrF2N2O. The van der Waals surface area contributed by atoms with E-state index in [0.29, 0.717) is 12.2 Å². The zero-order valence-corrected chi connectivity index (χ0v) is 12.8. The van der Waals surface area contributed by atoms with Crippen LogP contribution in [0.1, 0.15) is 17.3 Å². The van der Waals surface area contributed by atoms with Gasteiger partial charge in [0.1, 0.15) is 11.6 Å². The van der Waals surface area contributed by atoms with Crippen molar-refractivity contribution in [2.45, 2.75) is 6.92 Å². The number of rotatable bonds is 4. The molecule has 2 rings (SSSR count). The van der Waals surface area contributed by atoms with Crippen molar-refractivity contribution in [2.75, 3.05) is 17.2 Å². The highest BCUT2D eigenvalue weighted by Crippen LogP contribution is 2.23. The zero-order chi connectivity index (χ0) is 15.4. The first-order chi connectivity index (χ1) is 10.0. The van der Waals surface area contributed by atoms with Gasteiger partial charge < -0.3 is 10.6 Å². The van der Waals surface area contributed by atoms with E-state index in [2.05, 4.69) is 26.6 Å². The molecule has 6 heteroatoms. The second-order valence-electron chi connectivity index (χ2n) is 4.28. The van der Waals surface area contributed by atoms with Crippen LogP contribution in [0.25, 0.3) is 0 Å². The Balaban J connectivity index is 2.28. The van der Waals surface area contributed by atoms with Crippen molar-refractivity contribution in [2.24, 2.45) is 0 Å². The molecule has 21 heavy (non-hydrogen) atoms. The van der Waals surface area contributed by atoms with Gasteiger partial charge in [-0.05, 0) is 53.2 Å². The van der Waals surface area contributed by atoms with Gasteiger partial charge in [0, 0.05) is 12.2 Å². The van der Waals surface area contributed by atoms with Crippen LogP contribution < -0.4 is 10.6 Å². The van der Waals surface area contributed by atoms with Crippen LogP contribution in [0.15, 0.2) is 40.9 Å². The van der Waals surface area contributed by atoms with Crippen molar-refractivity contribution in [1.29, 1.82) is 0 Å². The Kier molecular flexibility index (Phi) is 4.90. The number of carbonyl (C=O) groups is 1. The lowest BCUT2D eigenvalue weighted by Crippen LogP contribution is -2.15. The van der Waals surface area contributed by atoms with Crippen LogP contribution in [0.5, 0.6) is 0 Å². The zero-order valence-electron chi connectivity index (χ0n) is 11.2. The third-order valence-corrected chi connectivity index (χ3v) is 3.40. The average molecular weight is 355 g/mol. The highest BCUT2D eigenvalue weighted by atomic mass is 79.9. The SMILES string of the molecule is CCNc1c(F)cccc1C(=O)Nc1ccc(F)c(Br)c1. The molecule has 0 aliphatic heterocycles. The first-order valence-corrected chi connectivity index (χ1v) is 7.11. The highest BCUT2D eigenvalue weighted by molar-refractivity contribution is 9.10. The highest BCUT2D eigenvalue weighted by Gasteiger charge is 2.15. The summed E-state index contributed by atoms with van der Waals surface area (Å²) < 4.78 is 27.2. The van der Waals surface area contributed by atoms with Crippen LogP contribution in [0.4, 0.5) is 20.2 Å². The minimum atomic E-state index is -0.496. The Morgan fingerprint density at radius 1 is 1.19 bits per heavy atom. The molecule has 0 aliphatic carbocycles. The standard InChI is InChI=1S/C15H13BrF2N2O/c1-2-19-14-10(4-3-5-13(14)18)15(21)20-9-6-7-12(17)11(16)8-9/h3-8,19H,2H2,1H3,(H,20,21). The van der Waals surface area contributed by atoms with Gasteiger partial charge in [0.2, 0.25) is 0 Å². The summed E-state index contributed by atoms with van der Waals surface area (Å²) in [6.45, 7) is 2.30. The molecule has 0 atom stereocenters. The molecule has 0 saturated carbocycles. The van der Waals surface area contributed by atoms with Crippen LogP contribution in [0.2, 0.25) is 0 Å². The van der Waals surface area contributed by atoms with E-state index in [1.807, 2.05) is 6.92 Å². The quantitative estimate of drug-likeness (QED) is 0.853. The number of hydrogen-bond donors (Lipinski definition) is 2. The Morgan fingerprint density at radius 2 is 1.95 bits per heavy atom. The summed E-state index contributed by atoms with van der Waals surface area (Å²) in [5, 5.41) is 5.44. The molecule has 0 spiro atoms. The Bertz CT molecular complexity index is 677. The predicted octanol–water partition coefficient (Wildman–Crippen LogP) is 4.41. The van der Waals surface area contributed by atoms with Crippen molar-refractivity contribution in [3.63, 3.8) is 0 Å². The van der Waals surface area contributed by atoms with Gasteiger partial charge in [-0.25, -0.2) is 8.78 Å². The van der Waals surface area contributed by atoms with Gasteiger partial charge in [0.05, 0.1) is 15.7 Å². The lowest BCUT2D eigenvalue weighted by Gasteiger charge is -2.12. The molecule has 3 nitrogen and oxygen atoms in total. The maximum absolute atomic E-state index is 13.8. The predicted molar refractivity (Wildman–Crippen MR) is 82.6 cm³/mol. The van der Waals surface area contributed by atoms with Crippen LogP contribution in [0.3, 0.4) is 0 Å². The van der Waals surface area contributed by atoms with Gasteiger partial charge in [0.15, 0.2) is 0 Å². The fourth-order valence-electron chi connectivity index (χ4n) is 1.84. The van der Waals surface area contributed by atoms with Gasteiger partial charge in [-0.15, -0.1) is 0 Å². The second-order valence-corrected chi connectivity index (χ2v) is 5.13. The van der Waals surface area contributed by atoms with Crippen molar-refractivity contribution < 1.29 is 13.6 Å². The van der Waals surface area contributed by atoms with Crippen molar-refractivity contribution in [3.8, 4) is 0 Å². The number of benzene rings is 2.